The van der Waals surface area contributed by atoms with Gasteiger partial charge in [-0.3, -0.25) is 0 Å². The Labute approximate surface area is 90.7 Å². The highest BCUT2D eigenvalue weighted by atomic mass is 16.5. The van der Waals surface area contributed by atoms with Crippen LogP contribution in [0.5, 0.6) is 11.5 Å². The third kappa shape index (κ3) is 1.81. The summed E-state index contributed by atoms with van der Waals surface area (Å²) in [7, 11) is 0. The molecule has 0 aliphatic heterocycles. The Hall–Kier alpha value is -2.50. The van der Waals surface area contributed by atoms with Crippen molar-refractivity contribution in [1.82, 2.24) is 9.97 Å². The van der Waals surface area contributed by atoms with E-state index in [1.807, 2.05) is 0 Å². The number of esters is 1. The molecule has 82 valence electrons. The van der Waals surface area contributed by atoms with Crippen LogP contribution in [0.15, 0.2) is 30.6 Å². The van der Waals surface area contributed by atoms with Crippen LogP contribution in [0.4, 0.5) is 5.82 Å². The Morgan fingerprint density at radius 2 is 2.19 bits per heavy atom. The second-order valence-electron chi connectivity index (χ2n) is 3.02. The summed E-state index contributed by atoms with van der Waals surface area (Å²) < 4.78 is 4.93. The summed E-state index contributed by atoms with van der Waals surface area (Å²) in [4.78, 5) is 17.8. The molecule has 1 aromatic carbocycles. The molecule has 0 saturated heterocycles. The second-order valence-corrected chi connectivity index (χ2v) is 3.02. The lowest BCUT2D eigenvalue weighted by molar-refractivity contribution is 0.0725. The lowest BCUT2D eigenvalue weighted by Gasteiger charge is -2.04. The Balaban J connectivity index is 2.21. The highest BCUT2D eigenvalue weighted by molar-refractivity contribution is 5.93. The summed E-state index contributed by atoms with van der Waals surface area (Å²) in [5.41, 5.74) is 5.49. The van der Waals surface area contributed by atoms with E-state index in [4.69, 9.17) is 10.5 Å². The van der Waals surface area contributed by atoms with Crippen molar-refractivity contribution in [3.8, 4) is 11.5 Å². The Kier molecular flexibility index (Phi) is 2.47. The van der Waals surface area contributed by atoms with Crippen molar-refractivity contribution in [3.05, 3.63) is 36.3 Å². The van der Waals surface area contributed by atoms with Gasteiger partial charge in [-0.1, -0.05) is 12.1 Å². The van der Waals surface area contributed by atoms with Gasteiger partial charge in [0.2, 0.25) is 0 Å². The van der Waals surface area contributed by atoms with Gasteiger partial charge in [0.1, 0.15) is 0 Å². The van der Waals surface area contributed by atoms with Crippen LogP contribution in [-0.2, 0) is 0 Å². The first-order chi connectivity index (χ1) is 7.68. The van der Waals surface area contributed by atoms with Crippen LogP contribution in [0.3, 0.4) is 0 Å². The molecule has 0 amide bonds. The minimum atomic E-state index is -0.698. The van der Waals surface area contributed by atoms with Gasteiger partial charge in [0, 0.05) is 0 Å². The van der Waals surface area contributed by atoms with Crippen LogP contribution >= 0.6 is 0 Å². The van der Waals surface area contributed by atoms with E-state index < -0.39 is 5.97 Å². The molecule has 0 aliphatic carbocycles. The number of nitrogens with two attached hydrogens (primary N) is 1. The number of phenolic OH excluding ortho intramolecular Hbond substituents is 1. The van der Waals surface area contributed by atoms with Gasteiger partial charge in [-0.05, 0) is 12.1 Å². The third-order valence-corrected chi connectivity index (χ3v) is 1.94. The van der Waals surface area contributed by atoms with E-state index in [0.29, 0.717) is 0 Å². The fourth-order valence-electron chi connectivity index (χ4n) is 1.16. The lowest BCUT2D eigenvalue weighted by atomic mass is 10.3. The molecule has 1 aromatic heterocycles. The predicted molar refractivity (Wildman–Crippen MR) is 56.1 cm³/mol. The number of nitrogens with zero attached hydrogens (tertiary/aromatic N) is 1. The average molecular weight is 219 g/mol. The highest BCUT2D eigenvalue weighted by Crippen LogP contribution is 2.25. The number of nitrogen functional groups attached to an aromatic ring is 1. The molecule has 0 spiro atoms. The van der Waals surface area contributed by atoms with Crippen molar-refractivity contribution in [2.75, 3.05) is 5.73 Å². The second kappa shape index (κ2) is 3.93. The number of aromatic amines is 1. The number of ether oxygens (including phenoxy) is 1. The third-order valence-electron chi connectivity index (χ3n) is 1.94. The summed E-state index contributed by atoms with van der Waals surface area (Å²) in [5.74, 6) is -0.688. The molecule has 0 atom stereocenters. The van der Waals surface area contributed by atoms with Gasteiger partial charge in [0.05, 0.1) is 6.33 Å². The number of anilines is 1. The van der Waals surface area contributed by atoms with Crippen molar-refractivity contribution in [3.63, 3.8) is 0 Å². The van der Waals surface area contributed by atoms with E-state index in [2.05, 4.69) is 9.97 Å². The number of carbonyl (C=O) groups is 1. The minimum absolute atomic E-state index is 0.0559. The number of benzene rings is 1. The van der Waals surface area contributed by atoms with E-state index in [1.54, 1.807) is 12.1 Å². The molecule has 0 fully saturated rings. The first-order valence-electron chi connectivity index (χ1n) is 4.47. The fraction of sp³-hybridized carbons (Fsp3) is 0. The topological polar surface area (TPSA) is 101 Å². The highest BCUT2D eigenvalue weighted by Gasteiger charge is 2.15. The summed E-state index contributed by atoms with van der Waals surface area (Å²) in [6.07, 6.45) is 1.29. The number of nitrogens with one attached hydrogen (secondary N) is 1. The van der Waals surface area contributed by atoms with Gasteiger partial charge in [-0.25, -0.2) is 9.78 Å². The maximum absolute atomic E-state index is 11.6. The normalized spacial score (nSPS) is 10.0. The minimum Gasteiger partial charge on any atom is -0.504 e. The number of hydrogen-bond acceptors (Lipinski definition) is 5. The zero-order chi connectivity index (χ0) is 11.5. The number of para-hydroxylation sites is 2. The van der Waals surface area contributed by atoms with Crippen molar-refractivity contribution in [2.45, 2.75) is 0 Å². The van der Waals surface area contributed by atoms with Crippen LogP contribution in [0.2, 0.25) is 0 Å². The molecular weight excluding hydrogens is 210 g/mol. The average Bonchev–Trinajstić information content (AvgIpc) is 2.68. The monoisotopic (exact) mass is 219 g/mol. The molecule has 2 rings (SSSR count). The van der Waals surface area contributed by atoms with Gasteiger partial charge in [-0.15, -0.1) is 0 Å². The molecule has 1 heterocycles. The smallest absolute Gasteiger partial charge is 0.364 e. The van der Waals surface area contributed by atoms with Gasteiger partial charge in [0.15, 0.2) is 23.0 Å². The van der Waals surface area contributed by atoms with E-state index in [-0.39, 0.29) is 23.0 Å². The molecular formula is C10H9N3O3. The lowest BCUT2D eigenvalue weighted by Crippen LogP contribution is -2.11. The van der Waals surface area contributed by atoms with Crippen molar-refractivity contribution in [1.29, 1.82) is 0 Å². The number of imidazole rings is 1. The van der Waals surface area contributed by atoms with Crippen LogP contribution in [0.25, 0.3) is 0 Å². The van der Waals surface area contributed by atoms with Crippen molar-refractivity contribution in [2.24, 2.45) is 0 Å². The number of carbonyl (C=O) groups excluding carboxylic acids is 1. The summed E-state index contributed by atoms with van der Waals surface area (Å²) in [6.45, 7) is 0. The predicted octanol–water partition coefficient (Wildman–Crippen LogP) is 0.917. The first kappa shape index (κ1) is 10.0. The number of aromatic hydroxyl groups is 1. The molecule has 16 heavy (non-hydrogen) atoms. The molecule has 0 saturated carbocycles. The van der Waals surface area contributed by atoms with Gasteiger partial charge in [0.25, 0.3) is 0 Å². The van der Waals surface area contributed by atoms with Crippen molar-refractivity contribution >= 4 is 11.8 Å². The van der Waals surface area contributed by atoms with Crippen molar-refractivity contribution < 1.29 is 14.6 Å². The van der Waals surface area contributed by atoms with Crippen LogP contribution in [0, 0.1) is 0 Å². The molecule has 4 N–H and O–H groups in total. The maximum atomic E-state index is 11.6. The number of rotatable bonds is 2. The molecule has 2 aromatic rings. The van der Waals surface area contributed by atoms with E-state index in [0.717, 1.165) is 0 Å². The van der Waals surface area contributed by atoms with Gasteiger partial charge >= 0.3 is 5.97 Å². The standard InChI is InChI=1S/C10H9N3O3/c11-9-8(12-5-13-9)10(15)16-7-4-2-1-3-6(7)14/h1-5,14H,11H2,(H,12,13). The maximum Gasteiger partial charge on any atom is 0.364 e. The fourth-order valence-corrected chi connectivity index (χ4v) is 1.16. The number of H-pyrrole nitrogens is 1. The zero-order valence-electron chi connectivity index (χ0n) is 8.18. The zero-order valence-corrected chi connectivity index (χ0v) is 8.18. The molecule has 0 radical (unpaired) electrons. The Morgan fingerprint density at radius 3 is 2.81 bits per heavy atom. The van der Waals surface area contributed by atoms with E-state index >= 15 is 0 Å². The Bertz CT molecular complexity index is 522. The number of hydrogen-bond donors (Lipinski definition) is 3. The Morgan fingerprint density at radius 1 is 1.44 bits per heavy atom. The van der Waals surface area contributed by atoms with Gasteiger partial charge < -0.3 is 20.6 Å². The summed E-state index contributed by atoms with van der Waals surface area (Å²) in [6, 6.07) is 6.15. The first-order valence-corrected chi connectivity index (χ1v) is 4.47. The quantitative estimate of drug-likeness (QED) is 0.515. The molecule has 0 bridgehead atoms. The molecule has 0 unspecified atom stereocenters. The molecule has 6 heteroatoms. The van der Waals surface area contributed by atoms with E-state index in [9.17, 15) is 9.90 Å². The van der Waals surface area contributed by atoms with Crippen LogP contribution in [-0.4, -0.2) is 21.0 Å². The SMILES string of the molecule is Nc1nc[nH]c1C(=O)Oc1ccccc1O. The number of phenols is 1. The number of aromatic nitrogens is 2. The summed E-state index contributed by atoms with van der Waals surface area (Å²) in [5, 5.41) is 9.39. The van der Waals surface area contributed by atoms with Crippen LogP contribution < -0.4 is 10.5 Å². The van der Waals surface area contributed by atoms with Crippen LogP contribution in [0.1, 0.15) is 10.5 Å². The van der Waals surface area contributed by atoms with E-state index in [1.165, 1.54) is 18.5 Å². The molecule has 0 aliphatic rings. The molecule has 6 nitrogen and oxygen atoms in total. The summed E-state index contributed by atoms with van der Waals surface area (Å²) >= 11 is 0. The van der Waals surface area contributed by atoms with Gasteiger partial charge in [-0.2, -0.15) is 0 Å². The largest absolute Gasteiger partial charge is 0.504 e.